The summed E-state index contributed by atoms with van der Waals surface area (Å²) in [4.78, 5) is 33.7. The van der Waals surface area contributed by atoms with Gasteiger partial charge in [-0.2, -0.15) is 18.2 Å². The zero-order valence-corrected chi connectivity index (χ0v) is 26.0. The number of carbonyl (C=O) groups excluding carboxylic acids is 2. The van der Waals surface area contributed by atoms with Crippen molar-refractivity contribution in [1.29, 1.82) is 0 Å². The summed E-state index contributed by atoms with van der Waals surface area (Å²) < 4.78 is 54.2. The van der Waals surface area contributed by atoms with Gasteiger partial charge in [-0.1, -0.05) is 20.8 Å². The zero-order valence-electron chi connectivity index (χ0n) is 25.1. The summed E-state index contributed by atoms with van der Waals surface area (Å²) >= 11 is 1.35. The van der Waals surface area contributed by atoms with Crippen LogP contribution in [0.2, 0.25) is 0 Å². The van der Waals surface area contributed by atoms with Crippen molar-refractivity contribution < 1.29 is 32.2 Å². The highest BCUT2D eigenvalue weighted by Crippen LogP contribution is 2.33. The van der Waals surface area contributed by atoms with Crippen LogP contribution in [0.15, 0.2) is 29.4 Å². The molecule has 2 aromatic rings. The molecular weight excluding hydrogens is 569 g/mol. The Bertz CT molecular complexity index is 1350. The molecule has 12 heteroatoms. The van der Waals surface area contributed by atoms with Crippen molar-refractivity contribution in [3.8, 4) is 0 Å². The normalized spacial score (nSPS) is 20.3. The molecule has 2 atom stereocenters. The van der Waals surface area contributed by atoms with Gasteiger partial charge >= 0.3 is 12.3 Å². The molecule has 2 aliphatic rings. The molecule has 1 N–H and O–H groups in total. The Hall–Kier alpha value is -2.86. The van der Waals surface area contributed by atoms with Crippen molar-refractivity contribution in [2.45, 2.75) is 103 Å². The maximum atomic E-state index is 13.7. The average molecular weight is 611 g/mol. The molecule has 0 bridgehead atoms. The smallest absolute Gasteiger partial charge is 0.416 e. The molecule has 0 saturated carbocycles. The SMILES string of the molecule is CC(C)(C)OC(=O)N1CCC[C@H]1CNc1ccc(C(F)(F)F)cc1C(=O)N=c1sc(C(C)(C)C)cn1C[C@H]1CCCO1. The van der Waals surface area contributed by atoms with Crippen LogP contribution >= 0.6 is 11.3 Å². The molecule has 0 radical (unpaired) electrons. The standard InChI is InChI=1S/C30H41F3N4O4S/c1-28(2,3)24-18-36(17-21-10-8-14-40-21)26(42-24)35-25(38)22-15-19(30(31,32)33)11-12-23(22)34-16-20-9-7-13-37(20)27(39)41-29(4,5)6/h11-12,15,18,20-21,34H,7-10,13-14,16-17H2,1-6H3/t20-,21+/m0/s1. The molecule has 232 valence electrons. The van der Waals surface area contributed by atoms with E-state index in [1.165, 1.54) is 17.4 Å². The van der Waals surface area contributed by atoms with Crippen molar-refractivity contribution >= 4 is 29.0 Å². The predicted octanol–water partition coefficient (Wildman–Crippen LogP) is 6.60. The fraction of sp³-hybridized carbons (Fsp3) is 0.633. The van der Waals surface area contributed by atoms with Crippen LogP contribution < -0.4 is 10.1 Å². The number of carbonyl (C=O) groups is 2. The number of ether oxygens (including phenoxy) is 2. The first kappa shape index (κ1) is 32.1. The average Bonchev–Trinajstić information content (AvgIpc) is 3.63. The summed E-state index contributed by atoms with van der Waals surface area (Å²) in [5.41, 5.74) is -1.74. The predicted molar refractivity (Wildman–Crippen MR) is 156 cm³/mol. The van der Waals surface area contributed by atoms with Gasteiger partial charge in [0.1, 0.15) is 5.60 Å². The maximum absolute atomic E-state index is 13.7. The Kier molecular flexibility index (Phi) is 9.46. The molecule has 2 aliphatic heterocycles. The highest BCUT2D eigenvalue weighted by atomic mass is 32.1. The first-order chi connectivity index (χ1) is 19.5. The monoisotopic (exact) mass is 610 g/mol. The lowest BCUT2D eigenvalue weighted by Gasteiger charge is -2.29. The van der Waals surface area contributed by atoms with Gasteiger partial charge in [-0.25, -0.2) is 4.79 Å². The molecule has 1 aromatic carbocycles. The number of anilines is 1. The molecule has 0 unspecified atom stereocenters. The lowest BCUT2D eigenvalue weighted by atomic mass is 9.95. The van der Waals surface area contributed by atoms with Crippen LogP contribution in [-0.2, 0) is 27.6 Å². The topological polar surface area (TPSA) is 85.2 Å². The molecule has 3 heterocycles. The van der Waals surface area contributed by atoms with Crippen molar-refractivity contribution in [2.24, 2.45) is 4.99 Å². The van der Waals surface area contributed by atoms with E-state index in [9.17, 15) is 22.8 Å². The Morgan fingerprint density at radius 2 is 1.86 bits per heavy atom. The number of amides is 2. The fourth-order valence-corrected chi connectivity index (χ4v) is 6.04. The van der Waals surface area contributed by atoms with Gasteiger partial charge in [-0.15, -0.1) is 11.3 Å². The number of hydrogen-bond acceptors (Lipinski definition) is 6. The van der Waals surface area contributed by atoms with E-state index >= 15 is 0 Å². The van der Waals surface area contributed by atoms with Crippen LogP contribution in [-0.4, -0.2) is 58.9 Å². The highest BCUT2D eigenvalue weighted by Gasteiger charge is 2.34. The number of thiazole rings is 1. The van der Waals surface area contributed by atoms with Crippen molar-refractivity contribution in [2.75, 3.05) is 25.0 Å². The number of rotatable bonds is 6. The summed E-state index contributed by atoms with van der Waals surface area (Å²) in [5, 5.41) is 3.13. The van der Waals surface area contributed by atoms with Gasteiger partial charge in [0, 0.05) is 36.5 Å². The number of halogens is 3. The molecule has 0 spiro atoms. The minimum atomic E-state index is -4.63. The molecule has 0 aliphatic carbocycles. The molecule has 2 fully saturated rings. The van der Waals surface area contributed by atoms with Gasteiger partial charge in [0.25, 0.3) is 5.91 Å². The summed E-state index contributed by atoms with van der Waals surface area (Å²) in [6.07, 6.45) is 0.208. The Labute approximate surface area is 248 Å². The minimum Gasteiger partial charge on any atom is -0.444 e. The number of benzene rings is 1. The van der Waals surface area contributed by atoms with E-state index in [2.05, 4.69) is 31.1 Å². The third kappa shape index (κ3) is 8.15. The lowest BCUT2D eigenvalue weighted by molar-refractivity contribution is -0.137. The van der Waals surface area contributed by atoms with Crippen LogP contribution in [0.5, 0.6) is 0 Å². The number of aromatic nitrogens is 1. The fourth-order valence-electron chi connectivity index (χ4n) is 4.99. The summed E-state index contributed by atoms with van der Waals surface area (Å²) in [6, 6.07) is 2.81. The Morgan fingerprint density at radius 1 is 1.12 bits per heavy atom. The Balaban J connectivity index is 1.64. The molecule has 4 rings (SSSR count). The second-order valence-corrected chi connectivity index (χ2v) is 14.0. The van der Waals surface area contributed by atoms with Crippen LogP contribution in [0, 0.1) is 0 Å². The molecule has 2 saturated heterocycles. The number of likely N-dealkylation sites (tertiary alicyclic amines) is 1. The van der Waals surface area contributed by atoms with Crippen LogP contribution in [0.4, 0.5) is 23.7 Å². The van der Waals surface area contributed by atoms with Crippen LogP contribution in [0.1, 0.15) is 88.0 Å². The number of nitrogens with one attached hydrogen (secondary N) is 1. The van der Waals surface area contributed by atoms with Gasteiger partial charge in [0.2, 0.25) is 0 Å². The van der Waals surface area contributed by atoms with E-state index in [-0.39, 0.29) is 35.4 Å². The van der Waals surface area contributed by atoms with Crippen LogP contribution in [0.3, 0.4) is 0 Å². The summed E-state index contributed by atoms with van der Waals surface area (Å²) in [5.74, 6) is -0.776. The Morgan fingerprint density at radius 3 is 2.48 bits per heavy atom. The van der Waals surface area contributed by atoms with Crippen molar-refractivity contribution in [3.05, 3.63) is 45.2 Å². The number of hydrogen-bond donors (Lipinski definition) is 1. The largest absolute Gasteiger partial charge is 0.444 e. The third-order valence-corrected chi connectivity index (χ3v) is 8.64. The van der Waals surface area contributed by atoms with E-state index in [0.29, 0.717) is 30.9 Å². The van der Waals surface area contributed by atoms with Gasteiger partial charge in [0.15, 0.2) is 4.80 Å². The van der Waals surface area contributed by atoms with E-state index in [1.54, 1.807) is 25.7 Å². The van der Waals surface area contributed by atoms with E-state index in [0.717, 1.165) is 36.3 Å². The maximum Gasteiger partial charge on any atom is 0.416 e. The second-order valence-electron chi connectivity index (χ2n) is 12.9. The van der Waals surface area contributed by atoms with Gasteiger partial charge in [-0.05, 0) is 70.1 Å². The third-order valence-electron chi connectivity index (χ3n) is 7.19. The number of nitrogens with zero attached hydrogens (tertiary/aromatic N) is 3. The molecular formula is C30H41F3N4O4S. The molecule has 42 heavy (non-hydrogen) atoms. The van der Waals surface area contributed by atoms with Gasteiger partial charge in [-0.3, -0.25) is 4.79 Å². The first-order valence-electron chi connectivity index (χ1n) is 14.4. The second kappa shape index (κ2) is 12.4. The van der Waals surface area contributed by atoms with Crippen molar-refractivity contribution in [3.63, 3.8) is 0 Å². The molecule has 1 aromatic heterocycles. The quantitative estimate of drug-likeness (QED) is 0.399. The first-order valence-corrected chi connectivity index (χ1v) is 15.2. The number of alkyl halides is 3. The van der Waals surface area contributed by atoms with Gasteiger partial charge < -0.3 is 24.3 Å². The highest BCUT2D eigenvalue weighted by molar-refractivity contribution is 7.09. The van der Waals surface area contributed by atoms with E-state index in [4.69, 9.17) is 9.47 Å². The van der Waals surface area contributed by atoms with Gasteiger partial charge in [0.05, 0.1) is 29.8 Å². The minimum absolute atomic E-state index is 0.00779. The molecule has 8 nitrogen and oxygen atoms in total. The van der Waals surface area contributed by atoms with E-state index < -0.39 is 29.3 Å². The lowest BCUT2D eigenvalue weighted by Crippen LogP contribution is -2.42. The molecule has 2 amide bonds. The summed E-state index contributed by atoms with van der Waals surface area (Å²) in [6.45, 7) is 13.5. The van der Waals surface area contributed by atoms with Crippen molar-refractivity contribution in [1.82, 2.24) is 9.47 Å². The zero-order chi connectivity index (χ0) is 30.9. The summed E-state index contributed by atoms with van der Waals surface area (Å²) in [7, 11) is 0. The van der Waals surface area contributed by atoms with Crippen LogP contribution in [0.25, 0.3) is 0 Å². The van der Waals surface area contributed by atoms with E-state index in [1.807, 2.05) is 10.8 Å².